The van der Waals surface area contributed by atoms with Crippen LogP contribution in [0.25, 0.3) is 0 Å². The molecule has 2 heterocycles. The Hall–Kier alpha value is -2.37. The summed E-state index contributed by atoms with van der Waals surface area (Å²) in [5.74, 6) is 0. The van der Waals surface area contributed by atoms with Crippen LogP contribution in [0, 0.1) is 13.8 Å². The van der Waals surface area contributed by atoms with Crippen LogP contribution in [0.5, 0.6) is 0 Å². The van der Waals surface area contributed by atoms with Crippen molar-refractivity contribution in [3.8, 4) is 0 Å². The average Bonchev–Trinajstić information content (AvgIpc) is 2.57. The van der Waals surface area contributed by atoms with Crippen molar-refractivity contribution in [3.05, 3.63) is 35.9 Å². The van der Waals surface area contributed by atoms with E-state index in [2.05, 4.69) is 20.7 Å². The fourth-order valence-corrected chi connectivity index (χ4v) is 1.67. The first-order chi connectivity index (χ1) is 8.58. The number of nitrogens with zero attached hydrogens (tertiary/aromatic N) is 3. The molecule has 0 unspecified atom stereocenters. The van der Waals surface area contributed by atoms with E-state index in [0.717, 1.165) is 17.1 Å². The fraction of sp³-hybridized carbons (Fsp3) is 0.250. The van der Waals surface area contributed by atoms with Crippen LogP contribution in [-0.2, 0) is 7.05 Å². The number of pyridine rings is 1. The molecule has 0 saturated heterocycles. The van der Waals surface area contributed by atoms with Gasteiger partial charge in [0.1, 0.15) is 0 Å². The fourth-order valence-electron chi connectivity index (χ4n) is 1.67. The summed E-state index contributed by atoms with van der Waals surface area (Å²) in [5, 5.41) is 9.72. The number of hydrogen-bond acceptors (Lipinski definition) is 3. The van der Waals surface area contributed by atoms with E-state index in [1.807, 2.05) is 20.9 Å². The maximum atomic E-state index is 11.8. The van der Waals surface area contributed by atoms with Gasteiger partial charge in [-0.3, -0.25) is 9.67 Å². The molecule has 0 saturated carbocycles. The van der Waals surface area contributed by atoms with Gasteiger partial charge in [-0.1, -0.05) is 0 Å². The number of amides is 2. The zero-order valence-corrected chi connectivity index (χ0v) is 10.6. The number of aryl methyl sites for hydroxylation is 2. The molecule has 2 N–H and O–H groups in total. The highest BCUT2D eigenvalue weighted by molar-refractivity contribution is 6.00. The van der Waals surface area contributed by atoms with Gasteiger partial charge in [-0.2, -0.15) is 5.10 Å². The SMILES string of the molecule is Cc1nn(C)c(C)c1NC(=O)Nc1cccnc1. The summed E-state index contributed by atoms with van der Waals surface area (Å²) in [6.07, 6.45) is 3.24. The zero-order chi connectivity index (χ0) is 13.1. The minimum atomic E-state index is -0.304. The molecule has 6 heteroatoms. The van der Waals surface area contributed by atoms with Crippen molar-refractivity contribution in [1.82, 2.24) is 14.8 Å². The summed E-state index contributed by atoms with van der Waals surface area (Å²) in [6.45, 7) is 3.76. The standard InChI is InChI=1S/C12H15N5O/c1-8-11(9(2)17(3)16-8)15-12(18)14-10-5-4-6-13-7-10/h4-7H,1-3H3,(H2,14,15,18). The van der Waals surface area contributed by atoms with E-state index in [-0.39, 0.29) is 6.03 Å². The molecule has 0 aliphatic rings. The monoisotopic (exact) mass is 245 g/mol. The molecule has 0 spiro atoms. The van der Waals surface area contributed by atoms with E-state index >= 15 is 0 Å². The Morgan fingerprint density at radius 1 is 1.33 bits per heavy atom. The van der Waals surface area contributed by atoms with E-state index in [9.17, 15) is 4.79 Å². The van der Waals surface area contributed by atoms with E-state index in [1.54, 1.807) is 29.2 Å². The van der Waals surface area contributed by atoms with Gasteiger partial charge in [0.25, 0.3) is 0 Å². The molecule has 2 aromatic rings. The number of nitrogens with one attached hydrogen (secondary N) is 2. The number of urea groups is 1. The predicted molar refractivity (Wildman–Crippen MR) is 69.6 cm³/mol. The Morgan fingerprint density at radius 2 is 2.11 bits per heavy atom. The first-order valence-electron chi connectivity index (χ1n) is 5.56. The summed E-state index contributed by atoms with van der Waals surface area (Å²) >= 11 is 0. The van der Waals surface area contributed by atoms with Crippen LogP contribution in [0.15, 0.2) is 24.5 Å². The van der Waals surface area contributed by atoms with Crippen LogP contribution < -0.4 is 10.6 Å². The Morgan fingerprint density at radius 3 is 2.67 bits per heavy atom. The van der Waals surface area contributed by atoms with Crippen molar-refractivity contribution in [2.24, 2.45) is 7.05 Å². The number of aromatic nitrogens is 3. The van der Waals surface area contributed by atoms with E-state index in [0.29, 0.717) is 5.69 Å². The third-order valence-corrected chi connectivity index (χ3v) is 2.67. The van der Waals surface area contributed by atoms with Crippen LogP contribution in [0.1, 0.15) is 11.4 Å². The highest BCUT2D eigenvalue weighted by atomic mass is 16.2. The summed E-state index contributed by atoms with van der Waals surface area (Å²) in [5.41, 5.74) is 3.08. The van der Waals surface area contributed by atoms with Crippen LogP contribution in [0.4, 0.5) is 16.2 Å². The Labute approximate surface area is 105 Å². The average molecular weight is 245 g/mol. The molecule has 94 valence electrons. The van der Waals surface area contributed by atoms with Gasteiger partial charge in [-0.25, -0.2) is 4.79 Å². The van der Waals surface area contributed by atoms with Gasteiger partial charge in [-0.05, 0) is 26.0 Å². The molecule has 2 rings (SSSR count). The molecule has 2 aromatic heterocycles. The topological polar surface area (TPSA) is 71.8 Å². The van der Waals surface area contributed by atoms with Crippen molar-refractivity contribution in [2.45, 2.75) is 13.8 Å². The molecule has 0 aliphatic carbocycles. The van der Waals surface area contributed by atoms with Gasteiger partial charge < -0.3 is 10.6 Å². The summed E-state index contributed by atoms with van der Waals surface area (Å²) < 4.78 is 1.73. The lowest BCUT2D eigenvalue weighted by Crippen LogP contribution is -2.20. The van der Waals surface area contributed by atoms with Gasteiger partial charge in [0, 0.05) is 13.2 Å². The van der Waals surface area contributed by atoms with E-state index in [1.165, 1.54) is 0 Å². The molecule has 0 atom stereocenters. The second-order valence-corrected chi connectivity index (χ2v) is 3.99. The molecule has 0 fully saturated rings. The second kappa shape index (κ2) is 4.87. The molecule has 0 radical (unpaired) electrons. The molecule has 0 aliphatic heterocycles. The lowest BCUT2D eigenvalue weighted by molar-refractivity contribution is 0.262. The van der Waals surface area contributed by atoms with Crippen molar-refractivity contribution in [2.75, 3.05) is 10.6 Å². The first kappa shape index (κ1) is 12.1. The molecule has 18 heavy (non-hydrogen) atoms. The maximum Gasteiger partial charge on any atom is 0.323 e. The lowest BCUT2D eigenvalue weighted by Gasteiger charge is -2.07. The van der Waals surface area contributed by atoms with E-state index in [4.69, 9.17) is 0 Å². The van der Waals surface area contributed by atoms with Crippen LogP contribution in [0.3, 0.4) is 0 Å². The Bertz CT molecular complexity index is 561. The number of hydrogen-bond donors (Lipinski definition) is 2. The van der Waals surface area contributed by atoms with Gasteiger partial charge in [0.2, 0.25) is 0 Å². The second-order valence-electron chi connectivity index (χ2n) is 3.99. The van der Waals surface area contributed by atoms with Gasteiger partial charge in [0.15, 0.2) is 0 Å². The number of carbonyl (C=O) groups is 1. The van der Waals surface area contributed by atoms with Gasteiger partial charge >= 0.3 is 6.03 Å². The van der Waals surface area contributed by atoms with E-state index < -0.39 is 0 Å². The Kier molecular flexibility index (Phi) is 3.27. The largest absolute Gasteiger partial charge is 0.323 e. The lowest BCUT2D eigenvalue weighted by atomic mass is 10.3. The summed E-state index contributed by atoms with van der Waals surface area (Å²) in [6, 6.07) is 3.23. The van der Waals surface area contributed by atoms with Crippen molar-refractivity contribution in [1.29, 1.82) is 0 Å². The van der Waals surface area contributed by atoms with Crippen molar-refractivity contribution >= 4 is 17.4 Å². The minimum absolute atomic E-state index is 0.304. The van der Waals surface area contributed by atoms with Gasteiger partial charge in [-0.15, -0.1) is 0 Å². The molecular formula is C12H15N5O. The smallest absolute Gasteiger partial charge is 0.306 e. The number of rotatable bonds is 2. The van der Waals surface area contributed by atoms with Crippen LogP contribution >= 0.6 is 0 Å². The quantitative estimate of drug-likeness (QED) is 0.850. The molecule has 0 aromatic carbocycles. The molecule has 0 bridgehead atoms. The summed E-state index contributed by atoms with van der Waals surface area (Å²) in [7, 11) is 1.84. The normalized spacial score (nSPS) is 10.2. The molecular weight excluding hydrogens is 230 g/mol. The Balaban J connectivity index is 2.08. The first-order valence-corrected chi connectivity index (χ1v) is 5.56. The highest BCUT2D eigenvalue weighted by Crippen LogP contribution is 2.18. The van der Waals surface area contributed by atoms with Crippen molar-refractivity contribution < 1.29 is 4.79 Å². The van der Waals surface area contributed by atoms with Gasteiger partial charge in [0.05, 0.1) is 29.0 Å². The molecule has 2 amide bonds. The number of carbonyl (C=O) groups excluding carboxylic acids is 1. The van der Waals surface area contributed by atoms with Crippen molar-refractivity contribution in [3.63, 3.8) is 0 Å². The molecule has 6 nitrogen and oxygen atoms in total. The third-order valence-electron chi connectivity index (χ3n) is 2.67. The predicted octanol–water partition coefficient (Wildman–Crippen LogP) is 2.08. The van der Waals surface area contributed by atoms with Crippen LogP contribution in [-0.4, -0.2) is 20.8 Å². The maximum absolute atomic E-state index is 11.8. The third kappa shape index (κ3) is 2.48. The van der Waals surface area contributed by atoms with Crippen LogP contribution in [0.2, 0.25) is 0 Å². The highest BCUT2D eigenvalue weighted by Gasteiger charge is 2.12. The summed E-state index contributed by atoms with van der Waals surface area (Å²) in [4.78, 5) is 15.7. The minimum Gasteiger partial charge on any atom is -0.306 e. The zero-order valence-electron chi connectivity index (χ0n) is 10.6. The number of anilines is 2.